The smallest absolute Gasteiger partial charge is 0.243 e. The normalized spacial score (nSPS) is 17.1. The molecule has 1 atom stereocenters. The van der Waals surface area contributed by atoms with E-state index in [2.05, 4.69) is 15.3 Å². The summed E-state index contributed by atoms with van der Waals surface area (Å²) in [5.41, 5.74) is 1.86. The number of ether oxygens (including phenoxy) is 1. The quantitative estimate of drug-likeness (QED) is 0.811. The number of nitrogens with one attached hydrogen (secondary N) is 2. The Morgan fingerprint density at radius 3 is 3.09 bits per heavy atom. The van der Waals surface area contributed by atoms with Gasteiger partial charge in [0.15, 0.2) is 0 Å². The molecule has 2 N–H and O–H groups in total. The molecule has 0 fully saturated rings. The molecule has 1 amide bonds. The van der Waals surface area contributed by atoms with Crippen LogP contribution in [-0.2, 0) is 11.2 Å². The van der Waals surface area contributed by atoms with Crippen LogP contribution >= 0.6 is 0 Å². The highest BCUT2D eigenvalue weighted by Gasteiger charge is 2.21. The van der Waals surface area contributed by atoms with E-state index in [0.29, 0.717) is 13.0 Å². The zero-order valence-electron chi connectivity index (χ0n) is 12.8. The zero-order valence-corrected chi connectivity index (χ0v) is 12.8. The maximum atomic E-state index is 12.2. The van der Waals surface area contributed by atoms with Crippen LogP contribution in [0.4, 0.5) is 0 Å². The molecule has 0 unspecified atom stereocenters. The summed E-state index contributed by atoms with van der Waals surface area (Å²) in [6.45, 7) is 1.39. The van der Waals surface area contributed by atoms with E-state index in [0.717, 1.165) is 29.2 Å². The molecular formula is C16H20N4O2. The van der Waals surface area contributed by atoms with Crippen molar-refractivity contribution >= 4 is 16.9 Å². The molecule has 0 aliphatic carbocycles. The van der Waals surface area contributed by atoms with Crippen LogP contribution in [0.1, 0.15) is 5.82 Å². The maximum absolute atomic E-state index is 12.2. The predicted octanol–water partition coefficient (Wildman–Crippen LogP) is 1.10. The first kappa shape index (κ1) is 14.6. The third-order valence-corrected chi connectivity index (χ3v) is 3.85. The highest BCUT2D eigenvalue weighted by molar-refractivity contribution is 5.84. The Hall–Kier alpha value is -2.34. The standard InChI is InChI=1S/C16H20N4O2/c1-20(16(21)13-4-3-8-17-13)9-7-15-18-12-6-5-11(22-2)10-14(12)19-15/h3-6,10,13,17H,7-9H2,1-2H3,(H,18,19)/t13-/m1/s1. The first-order valence-electron chi connectivity index (χ1n) is 7.35. The fourth-order valence-electron chi connectivity index (χ4n) is 2.54. The van der Waals surface area contributed by atoms with Crippen molar-refractivity contribution < 1.29 is 9.53 Å². The second kappa shape index (κ2) is 6.19. The fourth-order valence-corrected chi connectivity index (χ4v) is 2.54. The lowest BCUT2D eigenvalue weighted by Crippen LogP contribution is -2.42. The Morgan fingerprint density at radius 1 is 1.50 bits per heavy atom. The molecule has 6 nitrogen and oxygen atoms in total. The minimum Gasteiger partial charge on any atom is -0.497 e. The molecule has 0 radical (unpaired) electrons. The average Bonchev–Trinajstić information content (AvgIpc) is 3.19. The van der Waals surface area contributed by atoms with Gasteiger partial charge in [0.1, 0.15) is 17.6 Å². The van der Waals surface area contributed by atoms with Crippen LogP contribution in [0.15, 0.2) is 30.4 Å². The Morgan fingerprint density at radius 2 is 2.36 bits per heavy atom. The van der Waals surface area contributed by atoms with E-state index in [1.54, 1.807) is 12.0 Å². The largest absolute Gasteiger partial charge is 0.497 e. The number of hydrogen-bond acceptors (Lipinski definition) is 4. The number of aromatic nitrogens is 2. The molecule has 1 aliphatic rings. The van der Waals surface area contributed by atoms with Gasteiger partial charge in [-0.25, -0.2) is 4.98 Å². The van der Waals surface area contributed by atoms with Gasteiger partial charge in [0.05, 0.1) is 18.1 Å². The monoisotopic (exact) mass is 300 g/mol. The SMILES string of the molecule is COc1ccc2nc(CCN(C)C(=O)[C@H]3C=CCN3)[nH]c2c1. The highest BCUT2D eigenvalue weighted by Crippen LogP contribution is 2.18. The summed E-state index contributed by atoms with van der Waals surface area (Å²) in [4.78, 5) is 21.7. The van der Waals surface area contributed by atoms with Crippen LogP contribution in [0.2, 0.25) is 0 Å². The summed E-state index contributed by atoms with van der Waals surface area (Å²) in [5, 5.41) is 3.13. The number of carbonyl (C=O) groups is 1. The molecule has 116 valence electrons. The summed E-state index contributed by atoms with van der Waals surface area (Å²) >= 11 is 0. The molecule has 0 spiro atoms. The van der Waals surface area contributed by atoms with Crippen molar-refractivity contribution in [3.63, 3.8) is 0 Å². The third-order valence-electron chi connectivity index (χ3n) is 3.85. The molecule has 6 heteroatoms. The van der Waals surface area contributed by atoms with Crippen LogP contribution in [-0.4, -0.2) is 54.1 Å². The van der Waals surface area contributed by atoms with Gasteiger partial charge in [-0.15, -0.1) is 0 Å². The Balaban J connectivity index is 1.63. The first-order chi connectivity index (χ1) is 10.7. The van der Waals surface area contributed by atoms with E-state index in [9.17, 15) is 4.79 Å². The molecule has 3 rings (SSSR count). The molecule has 0 saturated carbocycles. The minimum atomic E-state index is -0.190. The summed E-state index contributed by atoms with van der Waals surface area (Å²) < 4.78 is 5.20. The predicted molar refractivity (Wildman–Crippen MR) is 84.9 cm³/mol. The van der Waals surface area contributed by atoms with E-state index in [1.165, 1.54) is 0 Å². The zero-order chi connectivity index (χ0) is 15.5. The number of imidazole rings is 1. The van der Waals surface area contributed by atoms with E-state index < -0.39 is 0 Å². The number of aromatic amines is 1. The number of nitrogens with zero attached hydrogens (tertiary/aromatic N) is 2. The highest BCUT2D eigenvalue weighted by atomic mass is 16.5. The van der Waals surface area contributed by atoms with E-state index in [4.69, 9.17) is 4.74 Å². The minimum absolute atomic E-state index is 0.0894. The van der Waals surface area contributed by atoms with Gasteiger partial charge in [-0.3, -0.25) is 10.1 Å². The molecule has 1 aromatic heterocycles. The first-order valence-corrected chi connectivity index (χ1v) is 7.35. The number of rotatable bonds is 5. The number of carbonyl (C=O) groups excluding carboxylic acids is 1. The van der Waals surface area contributed by atoms with Crippen LogP contribution in [0.3, 0.4) is 0 Å². The average molecular weight is 300 g/mol. The summed E-state index contributed by atoms with van der Waals surface area (Å²) in [7, 11) is 3.46. The fraction of sp³-hybridized carbons (Fsp3) is 0.375. The van der Waals surface area contributed by atoms with E-state index in [-0.39, 0.29) is 11.9 Å². The molecule has 2 heterocycles. The molecule has 1 aliphatic heterocycles. The van der Waals surface area contributed by atoms with Crippen molar-refractivity contribution in [2.45, 2.75) is 12.5 Å². The van der Waals surface area contributed by atoms with Gasteiger partial charge >= 0.3 is 0 Å². The number of amides is 1. The lowest BCUT2D eigenvalue weighted by Gasteiger charge is -2.20. The van der Waals surface area contributed by atoms with Crippen LogP contribution < -0.4 is 10.1 Å². The van der Waals surface area contributed by atoms with Crippen molar-refractivity contribution in [1.29, 1.82) is 0 Å². The van der Waals surface area contributed by atoms with Gasteiger partial charge < -0.3 is 14.6 Å². The molecular weight excluding hydrogens is 280 g/mol. The summed E-state index contributed by atoms with van der Waals surface area (Å²) in [5.74, 6) is 1.76. The van der Waals surface area contributed by atoms with Crippen LogP contribution in [0, 0.1) is 0 Å². The van der Waals surface area contributed by atoms with Crippen molar-refractivity contribution in [2.75, 3.05) is 27.2 Å². The third kappa shape index (κ3) is 2.96. The Kier molecular flexibility index (Phi) is 4.11. The Labute approximate surface area is 129 Å². The second-order valence-electron chi connectivity index (χ2n) is 5.39. The molecule has 1 aromatic carbocycles. The van der Waals surface area contributed by atoms with Crippen molar-refractivity contribution in [2.24, 2.45) is 0 Å². The molecule has 22 heavy (non-hydrogen) atoms. The van der Waals surface area contributed by atoms with Crippen molar-refractivity contribution in [3.05, 3.63) is 36.2 Å². The van der Waals surface area contributed by atoms with Gasteiger partial charge in [-0.05, 0) is 12.1 Å². The lowest BCUT2D eigenvalue weighted by molar-refractivity contribution is -0.130. The van der Waals surface area contributed by atoms with Crippen molar-refractivity contribution in [1.82, 2.24) is 20.2 Å². The van der Waals surface area contributed by atoms with Crippen LogP contribution in [0.5, 0.6) is 5.75 Å². The number of likely N-dealkylation sites (N-methyl/N-ethyl adjacent to an activating group) is 1. The van der Waals surface area contributed by atoms with Crippen molar-refractivity contribution in [3.8, 4) is 5.75 Å². The molecule has 0 bridgehead atoms. The Bertz CT molecular complexity index is 707. The number of H-pyrrole nitrogens is 1. The lowest BCUT2D eigenvalue weighted by atomic mass is 10.2. The van der Waals surface area contributed by atoms with E-state index in [1.807, 2.05) is 37.4 Å². The summed E-state index contributed by atoms with van der Waals surface area (Å²) in [6.07, 6.45) is 4.57. The second-order valence-corrected chi connectivity index (χ2v) is 5.39. The number of benzene rings is 1. The summed E-state index contributed by atoms with van der Waals surface area (Å²) in [6, 6.07) is 5.55. The number of fused-ring (bicyclic) bond motifs is 1. The van der Waals surface area contributed by atoms with Gasteiger partial charge in [0.2, 0.25) is 5.91 Å². The van der Waals surface area contributed by atoms with Gasteiger partial charge in [0.25, 0.3) is 0 Å². The topological polar surface area (TPSA) is 70.2 Å². The maximum Gasteiger partial charge on any atom is 0.243 e. The molecule has 2 aromatic rings. The van der Waals surface area contributed by atoms with E-state index >= 15 is 0 Å². The van der Waals surface area contributed by atoms with Gasteiger partial charge in [-0.1, -0.05) is 12.2 Å². The van der Waals surface area contributed by atoms with Gasteiger partial charge in [0, 0.05) is 32.6 Å². The van der Waals surface area contributed by atoms with Gasteiger partial charge in [-0.2, -0.15) is 0 Å². The number of hydrogen-bond donors (Lipinski definition) is 2. The number of methoxy groups -OCH3 is 1. The molecule has 0 saturated heterocycles. The van der Waals surface area contributed by atoms with Crippen LogP contribution in [0.25, 0.3) is 11.0 Å².